The van der Waals surface area contributed by atoms with E-state index in [1.165, 1.54) is 33.1 Å². The fourth-order valence-corrected chi connectivity index (χ4v) is 6.72. The predicted octanol–water partition coefficient (Wildman–Crippen LogP) is 3.86. The summed E-state index contributed by atoms with van der Waals surface area (Å²) < 4.78 is 5.44. The van der Waals surface area contributed by atoms with Crippen molar-refractivity contribution in [3.8, 4) is 10.6 Å². The Morgan fingerprint density at radius 1 is 1.18 bits per heavy atom. The summed E-state index contributed by atoms with van der Waals surface area (Å²) in [4.78, 5) is 33.1. The number of hydrogen-bond acceptors (Lipinski definition) is 7. The van der Waals surface area contributed by atoms with Gasteiger partial charge in [-0.25, -0.2) is 4.98 Å². The normalized spacial score (nSPS) is 16.2. The van der Waals surface area contributed by atoms with E-state index in [1.54, 1.807) is 0 Å². The summed E-state index contributed by atoms with van der Waals surface area (Å²) in [5, 5.41) is 6.34. The highest BCUT2D eigenvalue weighted by molar-refractivity contribution is 7.17. The quantitative estimate of drug-likeness (QED) is 0.518. The van der Waals surface area contributed by atoms with Gasteiger partial charge in [0.05, 0.1) is 30.9 Å². The Morgan fingerprint density at radius 2 is 2.00 bits per heavy atom. The topological polar surface area (TPSA) is 97.5 Å². The molecule has 0 atom stereocenters. The number of amides is 2. The molecule has 2 aliphatic rings. The van der Waals surface area contributed by atoms with Crippen molar-refractivity contribution in [2.24, 2.45) is 5.73 Å². The average molecular weight is 497 g/mol. The number of morpholine rings is 1. The summed E-state index contributed by atoms with van der Waals surface area (Å²) in [6.07, 6.45) is 4.10. The molecule has 1 aromatic carbocycles. The molecule has 0 unspecified atom stereocenters. The van der Waals surface area contributed by atoms with E-state index in [4.69, 9.17) is 15.5 Å². The lowest BCUT2D eigenvalue weighted by molar-refractivity contribution is -0.115. The number of carbonyl (C=O) groups excluding carboxylic acids is 2. The number of fused-ring (bicyclic) bond motifs is 1. The molecule has 3 aromatic rings. The van der Waals surface area contributed by atoms with E-state index in [0.717, 1.165) is 80.4 Å². The van der Waals surface area contributed by atoms with Crippen LogP contribution in [0.15, 0.2) is 29.6 Å². The third kappa shape index (κ3) is 5.22. The van der Waals surface area contributed by atoms with Gasteiger partial charge in [0.15, 0.2) is 0 Å². The van der Waals surface area contributed by atoms with Crippen LogP contribution in [0.2, 0.25) is 0 Å². The van der Waals surface area contributed by atoms with Crippen molar-refractivity contribution >= 4 is 39.5 Å². The first-order valence-electron chi connectivity index (χ1n) is 11.6. The van der Waals surface area contributed by atoms with E-state index < -0.39 is 5.91 Å². The number of ether oxygens (including phenoxy) is 1. The second-order valence-corrected chi connectivity index (χ2v) is 10.7. The molecule has 1 aliphatic heterocycles. The van der Waals surface area contributed by atoms with E-state index in [1.807, 2.05) is 5.38 Å². The number of nitrogens with two attached hydrogens (primary N) is 1. The Labute approximate surface area is 206 Å². The molecule has 7 nitrogen and oxygen atoms in total. The Bertz CT molecular complexity index is 1200. The first kappa shape index (κ1) is 23.2. The van der Waals surface area contributed by atoms with Crippen LogP contribution in [0.25, 0.3) is 10.6 Å². The zero-order valence-corrected chi connectivity index (χ0v) is 20.6. The smallest absolute Gasteiger partial charge is 0.251 e. The van der Waals surface area contributed by atoms with E-state index in [0.29, 0.717) is 10.6 Å². The molecule has 9 heteroatoms. The van der Waals surface area contributed by atoms with Crippen LogP contribution in [0.5, 0.6) is 0 Å². The van der Waals surface area contributed by atoms with E-state index in [-0.39, 0.29) is 12.3 Å². The molecule has 0 bridgehead atoms. The highest BCUT2D eigenvalue weighted by Crippen LogP contribution is 2.38. The second kappa shape index (κ2) is 10.4. The number of rotatable bonds is 7. The zero-order chi connectivity index (χ0) is 23.5. The van der Waals surface area contributed by atoms with Gasteiger partial charge >= 0.3 is 0 Å². The Kier molecular flexibility index (Phi) is 7.05. The molecule has 5 rings (SSSR count). The van der Waals surface area contributed by atoms with Gasteiger partial charge in [-0.15, -0.1) is 22.7 Å². The van der Waals surface area contributed by atoms with Crippen molar-refractivity contribution in [2.75, 3.05) is 31.6 Å². The lowest BCUT2D eigenvalue weighted by Crippen LogP contribution is -2.35. The number of primary amides is 1. The van der Waals surface area contributed by atoms with Crippen LogP contribution >= 0.6 is 22.7 Å². The number of thiophene rings is 1. The van der Waals surface area contributed by atoms with Crippen molar-refractivity contribution < 1.29 is 14.3 Å². The van der Waals surface area contributed by atoms with Crippen molar-refractivity contribution in [3.05, 3.63) is 56.9 Å². The van der Waals surface area contributed by atoms with Crippen LogP contribution in [0.1, 0.15) is 44.9 Å². The predicted molar refractivity (Wildman–Crippen MR) is 135 cm³/mol. The maximum atomic E-state index is 12.8. The molecule has 0 spiro atoms. The van der Waals surface area contributed by atoms with Crippen LogP contribution in [0.3, 0.4) is 0 Å². The maximum Gasteiger partial charge on any atom is 0.251 e. The van der Waals surface area contributed by atoms with Crippen LogP contribution in [-0.4, -0.2) is 48.0 Å². The fourth-order valence-electron chi connectivity index (χ4n) is 4.59. The minimum Gasteiger partial charge on any atom is -0.379 e. The SMILES string of the molecule is NC(=O)c1c(NC(=O)Cc2csc(-c3cccc(CN4CCOCC4)c3)n2)sc2c1CCCC2. The summed E-state index contributed by atoms with van der Waals surface area (Å²) in [6, 6.07) is 8.43. The molecule has 1 fully saturated rings. The van der Waals surface area contributed by atoms with Gasteiger partial charge in [0.25, 0.3) is 5.91 Å². The summed E-state index contributed by atoms with van der Waals surface area (Å²) in [5.74, 6) is -0.651. The average Bonchev–Trinajstić information content (AvgIpc) is 3.44. The first-order chi connectivity index (χ1) is 16.6. The second-order valence-electron chi connectivity index (χ2n) is 8.74. The lowest BCUT2D eigenvalue weighted by Gasteiger charge is -2.26. The Balaban J connectivity index is 1.25. The fraction of sp³-hybridized carbons (Fsp3) is 0.400. The van der Waals surface area contributed by atoms with Crippen LogP contribution in [0, 0.1) is 0 Å². The molecule has 3 N–H and O–H groups in total. The highest BCUT2D eigenvalue weighted by Gasteiger charge is 2.25. The van der Waals surface area contributed by atoms with Gasteiger partial charge in [0.1, 0.15) is 10.0 Å². The number of thiazole rings is 1. The van der Waals surface area contributed by atoms with Crippen molar-refractivity contribution in [1.82, 2.24) is 9.88 Å². The number of hydrogen-bond donors (Lipinski definition) is 2. The van der Waals surface area contributed by atoms with Gasteiger partial charge in [0, 0.05) is 35.5 Å². The number of nitrogens with zero attached hydrogens (tertiary/aromatic N) is 2. The van der Waals surface area contributed by atoms with Gasteiger partial charge in [-0.1, -0.05) is 18.2 Å². The number of carbonyl (C=O) groups is 2. The summed E-state index contributed by atoms with van der Waals surface area (Å²) in [7, 11) is 0. The number of anilines is 1. The van der Waals surface area contributed by atoms with E-state index in [9.17, 15) is 9.59 Å². The van der Waals surface area contributed by atoms with E-state index in [2.05, 4.69) is 34.5 Å². The standard InChI is InChI=1S/C25H28N4O3S2/c26-23(31)22-19-6-1-2-7-20(19)34-25(22)28-21(30)13-18-15-33-24(27-18)17-5-3-4-16(12-17)14-29-8-10-32-11-9-29/h3-5,12,15H,1-2,6-11,13-14H2,(H2,26,31)(H,28,30). The summed E-state index contributed by atoms with van der Waals surface area (Å²) in [5.41, 5.74) is 10.2. The molecule has 3 heterocycles. The molecule has 1 saturated heterocycles. The monoisotopic (exact) mass is 496 g/mol. The summed E-state index contributed by atoms with van der Waals surface area (Å²) >= 11 is 3.02. The maximum absolute atomic E-state index is 12.8. The van der Waals surface area contributed by atoms with E-state index >= 15 is 0 Å². The van der Waals surface area contributed by atoms with Gasteiger partial charge in [-0.05, 0) is 42.9 Å². The Hall–Kier alpha value is -2.59. The molecule has 0 saturated carbocycles. The lowest BCUT2D eigenvalue weighted by atomic mass is 9.95. The van der Waals surface area contributed by atoms with Crippen LogP contribution in [0.4, 0.5) is 5.00 Å². The first-order valence-corrected chi connectivity index (χ1v) is 13.3. The van der Waals surface area contributed by atoms with Crippen molar-refractivity contribution in [2.45, 2.75) is 38.6 Å². The third-order valence-electron chi connectivity index (χ3n) is 6.25. The van der Waals surface area contributed by atoms with Crippen LogP contribution in [-0.2, 0) is 35.3 Å². The molecule has 2 amide bonds. The highest BCUT2D eigenvalue weighted by atomic mass is 32.1. The largest absolute Gasteiger partial charge is 0.379 e. The van der Waals surface area contributed by atoms with Gasteiger partial charge in [-0.3, -0.25) is 14.5 Å². The van der Waals surface area contributed by atoms with Crippen molar-refractivity contribution in [1.29, 1.82) is 0 Å². The zero-order valence-electron chi connectivity index (χ0n) is 19.0. The summed E-state index contributed by atoms with van der Waals surface area (Å²) in [6.45, 7) is 4.36. The van der Waals surface area contributed by atoms with Crippen molar-refractivity contribution in [3.63, 3.8) is 0 Å². The molecule has 0 radical (unpaired) electrons. The number of benzene rings is 1. The Morgan fingerprint density at radius 3 is 2.82 bits per heavy atom. The molecule has 34 heavy (non-hydrogen) atoms. The van der Waals surface area contributed by atoms with Gasteiger partial charge in [0.2, 0.25) is 5.91 Å². The minimum absolute atomic E-state index is 0.157. The third-order valence-corrected chi connectivity index (χ3v) is 8.40. The van der Waals surface area contributed by atoms with Crippen LogP contribution < -0.4 is 11.1 Å². The number of aryl methyl sites for hydroxylation is 1. The molecule has 178 valence electrons. The molecular weight excluding hydrogens is 468 g/mol. The molecule has 1 aliphatic carbocycles. The molecular formula is C25H28N4O3S2. The minimum atomic E-state index is -0.470. The number of nitrogens with one attached hydrogen (secondary N) is 1. The number of aromatic nitrogens is 1. The molecule has 2 aromatic heterocycles. The van der Waals surface area contributed by atoms with Gasteiger partial charge < -0.3 is 15.8 Å². The van der Waals surface area contributed by atoms with Gasteiger partial charge in [-0.2, -0.15) is 0 Å².